The summed E-state index contributed by atoms with van der Waals surface area (Å²) in [7, 11) is 0. The molecule has 0 unspecified atom stereocenters. The third-order valence-electron chi connectivity index (χ3n) is 10.7. The maximum absolute atomic E-state index is 11.9. The molecule has 3 saturated carbocycles. The summed E-state index contributed by atoms with van der Waals surface area (Å²) in [5, 5.41) is 0. The molecule has 3 heteroatoms. The van der Waals surface area contributed by atoms with Gasteiger partial charge in [0.15, 0.2) is 0 Å². The third-order valence-corrected chi connectivity index (χ3v) is 10.7. The molecule has 0 amide bonds. The first-order chi connectivity index (χ1) is 14.1. The lowest BCUT2D eigenvalue weighted by Crippen LogP contribution is -2.64. The second kappa shape index (κ2) is 6.62. The summed E-state index contributed by atoms with van der Waals surface area (Å²) >= 11 is 0. The van der Waals surface area contributed by atoms with E-state index in [2.05, 4.69) is 34.0 Å². The maximum atomic E-state index is 11.9. The number of furan rings is 1. The van der Waals surface area contributed by atoms with Crippen molar-refractivity contribution < 1.29 is 13.9 Å². The maximum Gasteiger partial charge on any atom is 0.302 e. The lowest BCUT2D eigenvalue weighted by atomic mass is 9.35. The van der Waals surface area contributed by atoms with Gasteiger partial charge >= 0.3 is 5.97 Å². The van der Waals surface area contributed by atoms with E-state index in [1.165, 1.54) is 62.5 Å². The fraction of sp³-hybridized carbons (Fsp3) is 0.815. The molecule has 0 N–H and O–H groups in total. The first kappa shape index (κ1) is 20.6. The van der Waals surface area contributed by atoms with Gasteiger partial charge in [-0.05, 0) is 96.5 Å². The Kier molecular flexibility index (Phi) is 4.56. The van der Waals surface area contributed by atoms with Gasteiger partial charge < -0.3 is 9.15 Å². The predicted molar refractivity (Wildman–Crippen MR) is 118 cm³/mol. The molecule has 0 saturated heterocycles. The Bertz CT molecular complexity index is 837. The molecule has 3 fully saturated rings. The Morgan fingerprint density at radius 2 is 1.77 bits per heavy atom. The molecule has 5 rings (SSSR count). The van der Waals surface area contributed by atoms with Crippen molar-refractivity contribution in [2.24, 2.45) is 34.0 Å². The fourth-order valence-corrected chi connectivity index (χ4v) is 9.56. The second-order valence-corrected chi connectivity index (χ2v) is 12.4. The number of hydrogen-bond acceptors (Lipinski definition) is 3. The zero-order valence-corrected chi connectivity index (χ0v) is 19.7. The van der Waals surface area contributed by atoms with Crippen LogP contribution < -0.4 is 0 Å². The molecule has 1 aromatic rings. The summed E-state index contributed by atoms with van der Waals surface area (Å²) < 4.78 is 11.6. The van der Waals surface area contributed by atoms with Gasteiger partial charge in [0, 0.05) is 12.3 Å². The minimum atomic E-state index is -0.111. The largest absolute Gasteiger partial charge is 0.472 e. The number of esters is 1. The summed E-state index contributed by atoms with van der Waals surface area (Å²) in [5.74, 6) is 1.89. The van der Waals surface area contributed by atoms with E-state index >= 15 is 0 Å². The predicted octanol–water partition coefficient (Wildman–Crippen LogP) is 6.69. The molecule has 3 nitrogen and oxygen atoms in total. The molecule has 4 aliphatic rings. The monoisotopic (exact) mass is 412 g/mol. The second-order valence-electron chi connectivity index (χ2n) is 12.4. The standard InChI is InChI=1S/C27H40O3/c1-18(28)30-17-27-12-6-11-24(2,3)21(27)9-14-26(5)22-8-7-19-15-29-16-20(19)25(22,4)13-10-23(26)27/h15-16,21-23H,6-14,17H2,1-5H3/t21-,22+,23-,25+,26-,27+/m0/s1. The highest BCUT2D eigenvalue weighted by Gasteiger charge is 2.66. The van der Waals surface area contributed by atoms with Crippen molar-refractivity contribution in [2.45, 2.75) is 97.8 Å². The lowest BCUT2D eigenvalue weighted by molar-refractivity contribution is -0.210. The zero-order chi connectivity index (χ0) is 21.4. The molecule has 30 heavy (non-hydrogen) atoms. The molecule has 0 bridgehead atoms. The molecular weight excluding hydrogens is 372 g/mol. The molecule has 0 spiro atoms. The van der Waals surface area contributed by atoms with Crippen LogP contribution in [0, 0.1) is 34.0 Å². The number of aryl methyl sites for hydroxylation is 1. The van der Waals surface area contributed by atoms with E-state index in [-0.39, 0.29) is 16.8 Å². The zero-order valence-electron chi connectivity index (χ0n) is 19.7. The number of carbonyl (C=O) groups is 1. The summed E-state index contributed by atoms with van der Waals surface area (Å²) in [4.78, 5) is 11.9. The van der Waals surface area contributed by atoms with Gasteiger partial charge in [0.2, 0.25) is 0 Å². The minimum absolute atomic E-state index is 0.111. The van der Waals surface area contributed by atoms with Crippen molar-refractivity contribution in [3.63, 3.8) is 0 Å². The Hall–Kier alpha value is -1.25. The number of ether oxygens (including phenoxy) is 1. The van der Waals surface area contributed by atoms with Crippen LogP contribution in [0.1, 0.15) is 97.1 Å². The highest BCUT2D eigenvalue weighted by Crippen LogP contribution is 2.72. The highest BCUT2D eigenvalue weighted by molar-refractivity contribution is 5.66. The molecule has 4 aliphatic carbocycles. The average molecular weight is 413 g/mol. The highest BCUT2D eigenvalue weighted by atomic mass is 16.5. The van der Waals surface area contributed by atoms with Crippen molar-refractivity contribution in [1.82, 2.24) is 0 Å². The van der Waals surface area contributed by atoms with Crippen molar-refractivity contribution in [1.29, 1.82) is 0 Å². The summed E-state index contributed by atoms with van der Waals surface area (Å²) in [5.41, 5.74) is 3.96. The molecule has 0 aromatic carbocycles. The number of rotatable bonds is 2. The summed E-state index contributed by atoms with van der Waals surface area (Å²) in [6, 6.07) is 0. The normalized spacial score (nSPS) is 44.2. The Balaban J connectivity index is 1.58. The van der Waals surface area contributed by atoms with Crippen LogP contribution >= 0.6 is 0 Å². The van der Waals surface area contributed by atoms with Crippen LogP contribution in [0.5, 0.6) is 0 Å². The van der Waals surface area contributed by atoms with Crippen LogP contribution in [0.25, 0.3) is 0 Å². The van der Waals surface area contributed by atoms with Crippen LogP contribution in [-0.4, -0.2) is 12.6 Å². The van der Waals surface area contributed by atoms with E-state index in [1.54, 1.807) is 6.92 Å². The average Bonchev–Trinajstić information content (AvgIpc) is 3.15. The lowest BCUT2D eigenvalue weighted by Gasteiger charge is -2.69. The van der Waals surface area contributed by atoms with Crippen LogP contribution in [-0.2, 0) is 21.4 Å². The van der Waals surface area contributed by atoms with Crippen molar-refractivity contribution in [3.8, 4) is 0 Å². The molecule has 1 heterocycles. The van der Waals surface area contributed by atoms with E-state index in [9.17, 15) is 4.79 Å². The fourth-order valence-electron chi connectivity index (χ4n) is 9.56. The van der Waals surface area contributed by atoms with Crippen LogP contribution in [0.3, 0.4) is 0 Å². The van der Waals surface area contributed by atoms with Crippen molar-refractivity contribution in [2.75, 3.05) is 6.61 Å². The van der Waals surface area contributed by atoms with Crippen LogP contribution in [0.4, 0.5) is 0 Å². The van der Waals surface area contributed by atoms with Gasteiger partial charge in [-0.1, -0.05) is 34.1 Å². The van der Waals surface area contributed by atoms with E-state index in [4.69, 9.17) is 9.15 Å². The first-order valence-corrected chi connectivity index (χ1v) is 12.3. The van der Waals surface area contributed by atoms with Gasteiger partial charge in [-0.3, -0.25) is 4.79 Å². The van der Waals surface area contributed by atoms with E-state index in [0.29, 0.717) is 35.2 Å². The molecule has 1 aromatic heterocycles. The smallest absolute Gasteiger partial charge is 0.302 e. The number of hydrogen-bond donors (Lipinski definition) is 0. The molecule has 0 aliphatic heterocycles. The topological polar surface area (TPSA) is 39.4 Å². The van der Waals surface area contributed by atoms with Crippen LogP contribution in [0.15, 0.2) is 16.9 Å². The van der Waals surface area contributed by atoms with E-state index in [0.717, 1.165) is 6.42 Å². The van der Waals surface area contributed by atoms with Crippen LogP contribution in [0.2, 0.25) is 0 Å². The first-order valence-electron chi connectivity index (χ1n) is 12.3. The molecule has 166 valence electrons. The molecular formula is C27H40O3. The van der Waals surface area contributed by atoms with E-state index < -0.39 is 0 Å². The molecule has 0 radical (unpaired) electrons. The molecule has 6 atom stereocenters. The van der Waals surface area contributed by atoms with Gasteiger partial charge in [-0.25, -0.2) is 0 Å². The summed E-state index contributed by atoms with van der Waals surface area (Å²) in [6.45, 7) is 12.3. The van der Waals surface area contributed by atoms with Crippen molar-refractivity contribution in [3.05, 3.63) is 23.7 Å². The number of fused-ring (bicyclic) bond motifs is 7. The van der Waals surface area contributed by atoms with Gasteiger partial charge in [-0.15, -0.1) is 0 Å². The van der Waals surface area contributed by atoms with Gasteiger partial charge in [0.1, 0.15) is 0 Å². The number of carbonyl (C=O) groups excluding carboxylic acids is 1. The summed E-state index contributed by atoms with van der Waals surface area (Å²) in [6.07, 6.45) is 15.4. The van der Waals surface area contributed by atoms with Crippen molar-refractivity contribution >= 4 is 5.97 Å². The van der Waals surface area contributed by atoms with Gasteiger partial charge in [-0.2, -0.15) is 0 Å². The van der Waals surface area contributed by atoms with Gasteiger partial charge in [0.05, 0.1) is 19.1 Å². The van der Waals surface area contributed by atoms with Gasteiger partial charge in [0.25, 0.3) is 0 Å². The van der Waals surface area contributed by atoms with E-state index in [1.807, 2.05) is 6.26 Å². The third kappa shape index (κ3) is 2.65. The quantitative estimate of drug-likeness (QED) is 0.508. The minimum Gasteiger partial charge on any atom is -0.472 e. The Morgan fingerprint density at radius 3 is 2.53 bits per heavy atom. The SMILES string of the molecule is CC(=O)OC[C@]12CCCC(C)(C)[C@@H]1CC[C@]1(C)[C@@H]2CC[C@]2(C)c3cocc3CC[C@@H]12. The Morgan fingerprint density at radius 1 is 1.00 bits per heavy atom. The Labute approximate surface area is 182 Å².